The monoisotopic (exact) mass is 571 g/mol. The van der Waals surface area contributed by atoms with E-state index in [2.05, 4.69) is 5.32 Å². The lowest BCUT2D eigenvalue weighted by molar-refractivity contribution is -0.212. The lowest BCUT2D eigenvalue weighted by atomic mass is 9.97. The van der Waals surface area contributed by atoms with Gasteiger partial charge in [-0.25, -0.2) is 10.0 Å². The highest BCUT2D eigenvalue weighted by molar-refractivity contribution is 6.40. The minimum atomic E-state index is -1.36. The third-order valence-corrected chi connectivity index (χ3v) is 6.97. The molecule has 16 nitrogen and oxygen atoms in total. The smallest absolute Gasteiger partial charge is 0.266 e. The van der Waals surface area contributed by atoms with Crippen molar-refractivity contribution in [3.05, 3.63) is 0 Å². The fourth-order valence-corrected chi connectivity index (χ4v) is 4.91. The zero-order valence-corrected chi connectivity index (χ0v) is 23.0. The van der Waals surface area contributed by atoms with Crippen LogP contribution >= 0.6 is 0 Å². The summed E-state index contributed by atoms with van der Waals surface area (Å²) in [7, 11) is 0. The number of carbonyl (C=O) groups excluding carboxylic acids is 6. The molecular formula is C24H41N7O9. The molecular weight excluding hydrogens is 530 g/mol. The third kappa shape index (κ3) is 7.58. The Hall–Kier alpha value is -3.02. The van der Waals surface area contributed by atoms with Crippen LogP contribution in [0.15, 0.2) is 0 Å². The number of likely N-dealkylation sites (tertiary alicyclic amines) is 1. The van der Waals surface area contributed by atoms with Crippen molar-refractivity contribution in [3.8, 4) is 0 Å². The van der Waals surface area contributed by atoms with Gasteiger partial charge in [-0.2, -0.15) is 5.48 Å². The van der Waals surface area contributed by atoms with Crippen LogP contribution in [0, 0.1) is 5.92 Å². The van der Waals surface area contributed by atoms with Gasteiger partial charge in [0.05, 0.1) is 37.8 Å². The molecule has 0 unspecified atom stereocenters. The van der Waals surface area contributed by atoms with Crippen molar-refractivity contribution in [1.82, 2.24) is 25.7 Å². The largest absolute Gasteiger partial charge is 0.394 e. The number of hydroxylamine groups is 1. The minimum absolute atomic E-state index is 0.00570. The van der Waals surface area contributed by atoms with Crippen LogP contribution in [0.5, 0.6) is 0 Å². The summed E-state index contributed by atoms with van der Waals surface area (Å²) in [5, 5.41) is 33.2. The molecule has 6 atom stereocenters. The van der Waals surface area contributed by atoms with Crippen LogP contribution in [0.3, 0.4) is 0 Å². The first-order valence-electron chi connectivity index (χ1n) is 13.2. The Morgan fingerprint density at radius 2 is 1.77 bits per heavy atom. The number of rotatable bonds is 16. The number of carbonyl (C=O) groups is 6. The highest BCUT2D eigenvalue weighted by Gasteiger charge is 2.53. The highest BCUT2D eigenvalue weighted by atomic mass is 16.5. The van der Waals surface area contributed by atoms with Gasteiger partial charge in [0.1, 0.15) is 18.1 Å². The average Bonchev–Trinajstić information content (AvgIpc) is 3.38. The first-order valence-corrected chi connectivity index (χ1v) is 13.2. The van der Waals surface area contributed by atoms with Gasteiger partial charge < -0.3 is 37.1 Å². The van der Waals surface area contributed by atoms with E-state index in [4.69, 9.17) is 16.7 Å². The average molecular weight is 572 g/mol. The molecule has 2 saturated heterocycles. The van der Waals surface area contributed by atoms with Gasteiger partial charge in [0, 0.05) is 13.1 Å². The summed E-state index contributed by atoms with van der Waals surface area (Å²) in [5.74, 6) is -4.41. The van der Waals surface area contributed by atoms with E-state index in [1.807, 2.05) is 13.8 Å². The Balaban J connectivity index is 2.12. The molecule has 2 fully saturated rings. The number of Topliss-reactive ketones (excluding diaryl/α,β-unsaturated/α-hetero) is 2. The van der Waals surface area contributed by atoms with Gasteiger partial charge in [-0.05, 0) is 32.1 Å². The molecule has 0 radical (unpaired) electrons. The van der Waals surface area contributed by atoms with E-state index in [9.17, 15) is 39.0 Å². The lowest BCUT2D eigenvalue weighted by Crippen LogP contribution is -2.76. The summed E-state index contributed by atoms with van der Waals surface area (Å²) >= 11 is 0. The predicted molar refractivity (Wildman–Crippen MR) is 138 cm³/mol. The van der Waals surface area contributed by atoms with Crippen molar-refractivity contribution in [2.45, 2.75) is 82.8 Å². The van der Waals surface area contributed by atoms with Crippen molar-refractivity contribution in [2.75, 3.05) is 26.2 Å². The summed E-state index contributed by atoms with van der Waals surface area (Å²) in [6.07, 6.45) is -0.570. The topological polar surface area (TPSA) is 249 Å². The van der Waals surface area contributed by atoms with Crippen molar-refractivity contribution in [2.24, 2.45) is 17.4 Å². The zero-order valence-electron chi connectivity index (χ0n) is 23.0. The van der Waals surface area contributed by atoms with Crippen molar-refractivity contribution >= 4 is 35.2 Å². The number of amides is 4. The Morgan fingerprint density at radius 3 is 2.30 bits per heavy atom. The van der Waals surface area contributed by atoms with E-state index in [0.29, 0.717) is 12.8 Å². The molecule has 0 aromatic carbocycles. The number of nitrogens with zero attached hydrogens (tertiary/aromatic N) is 3. The van der Waals surface area contributed by atoms with E-state index in [1.54, 1.807) is 5.48 Å². The summed E-state index contributed by atoms with van der Waals surface area (Å²) in [6, 6.07) is -5.55. The first kappa shape index (κ1) is 33.2. The van der Waals surface area contributed by atoms with Crippen LogP contribution in [-0.4, -0.2) is 128 Å². The summed E-state index contributed by atoms with van der Waals surface area (Å²) < 4.78 is 0. The van der Waals surface area contributed by atoms with Crippen molar-refractivity contribution in [1.29, 1.82) is 0 Å². The maximum atomic E-state index is 13.0. The number of hydrazine groups is 1. The van der Waals surface area contributed by atoms with Crippen LogP contribution < -0.4 is 22.3 Å². The van der Waals surface area contributed by atoms with Gasteiger partial charge in [-0.1, -0.05) is 13.8 Å². The summed E-state index contributed by atoms with van der Waals surface area (Å²) in [6.45, 7) is 4.15. The molecule has 226 valence electrons. The molecule has 0 saturated carbocycles. The summed E-state index contributed by atoms with van der Waals surface area (Å²) in [4.78, 5) is 76.8. The molecule has 0 aromatic rings. The number of nitrogens with one attached hydrogen (secondary N) is 2. The van der Waals surface area contributed by atoms with Gasteiger partial charge in [0.2, 0.25) is 23.4 Å². The number of hydrogen-bond donors (Lipinski definition) is 7. The molecule has 2 aliphatic heterocycles. The molecule has 0 bridgehead atoms. The normalized spacial score (nSPS) is 22.1. The van der Waals surface area contributed by atoms with Gasteiger partial charge in [0.25, 0.3) is 11.8 Å². The van der Waals surface area contributed by atoms with Crippen LogP contribution in [0.25, 0.3) is 0 Å². The Kier molecular flexibility index (Phi) is 12.1. The zero-order chi connectivity index (χ0) is 30.3. The molecule has 0 aromatic heterocycles. The standard InChI is InChI=1S/C24H41N7O9/c1-12(2)7-14(30-23(38)17(8-19(25)35)31(30)24(39)20(26)13(3)33)9-27-10-18(34)21(36)16-5-4-6-29(16)22(37)15(11-32)28-40/h12-17,20,27-28,32-33,40H,4-11,26H2,1-3H3,(H2,25,35)/t13-,14-,15-,16-,17-,20-/m0/s1. The second kappa shape index (κ2) is 14.6. The van der Waals surface area contributed by atoms with Crippen LogP contribution in [-0.2, 0) is 28.8 Å². The van der Waals surface area contributed by atoms with Gasteiger partial charge in [-0.15, -0.1) is 0 Å². The molecule has 4 amide bonds. The quantitative estimate of drug-likeness (QED) is 0.0691. The van der Waals surface area contributed by atoms with Crippen LogP contribution in [0.4, 0.5) is 0 Å². The first-order chi connectivity index (χ1) is 18.8. The SMILES string of the molecule is CC(C)C[C@@H](CNCC(=O)C(=O)[C@@H]1CCCN1C(=O)[C@H](CO)NO)N1C(=O)[C@H](CC(N)=O)N1C(=O)[C@@H](N)[C@H](C)O. The lowest BCUT2D eigenvalue weighted by Gasteiger charge is -2.53. The molecule has 2 aliphatic rings. The van der Waals surface area contributed by atoms with E-state index in [-0.39, 0.29) is 25.4 Å². The number of aliphatic hydroxyl groups excluding tert-OH is 2. The third-order valence-electron chi connectivity index (χ3n) is 6.97. The molecule has 9 N–H and O–H groups in total. The number of hydrogen-bond acceptors (Lipinski definition) is 12. The molecule has 2 rings (SSSR count). The maximum Gasteiger partial charge on any atom is 0.266 e. The molecule has 2 heterocycles. The van der Waals surface area contributed by atoms with E-state index >= 15 is 0 Å². The fourth-order valence-electron chi connectivity index (χ4n) is 4.91. The Morgan fingerprint density at radius 1 is 1.12 bits per heavy atom. The Bertz CT molecular complexity index is 972. The number of primary amides is 1. The highest BCUT2D eigenvalue weighted by Crippen LogP contribution is 2.29. The van der Waals surface area contributed by atoms with E-state index in [1.165, 1.54) is 6.92 Å². The number of aliphatic hydroxyl groups is 2. The second-order valence-electron chi connectivity index (χ2n) is 10.6. The van der Waals surface area contributed by atoms with Crippen molar-refractivity contribution in [3.63, 3.8) is 0 Å². The van der Waals surface area contributed by atoms with Gasteiger partial charge in [0.15, 0.2) is 0 Å². The van der Waals surface area contributed by atoms with Crippen LogP contribution in [0.1, 0.15) is 46.5 Å². The van der Waals surface area contributed by atoms with E-state index in [0.717, 1.165) is 14.9 Å². The van der Waals surface area contributed by atoms with Gasteiger partial charge >= 0.3 is 0 Å². The number of nitrogens with two attached hydrogens (primary N) is 2. The molecule has 40 heavy (non-hydrogen) atoms. The van der Waals surface area contributed by atoms with Crippen LogP contribution in [0.2, 0.25) is 0 Å². The number of ketones is 2. The fraction of sp³-hybridized carbons (Fsp3) is 0.750. The minimum Gasteiger partial charge on any atom is -0.394 e. The van der Waals surface area contributed by atoms with E-state index < -0.39 is 91.1 Å². The maximum absolute atomic E-state index is 13.0. The van der Waals surface area contributed by atoms with Crippen molar-refractivity contribution < 1.29 is 44.2 Å². The molecule has 0 spiro atoms. The Labute approximate surface area is 231 Å². The summed E-state index contributed by atoms with van der Waals surface area (Å²) in [5.41, 5.74) is 12.8. The predicted octanol–water partition coefficient (Wildman–Crippen LogP) is -4.00. The molecule has 16 heteroatoms. The van der Waals surface area contributed by atoms with Gasteiger partial charge in [-0.3, -0.25) is 28.8 Å². The second-order valence-corrected chi connectivity index (χ2v) is 10.6. The molecule has 0 aliphatic carbocycles.